The van der Waals surface area contributed by atoms with Gasteiger partial charge in [0.25, 0.3) is 0 Å². The van der Waals surface area contributed by atoms with E-state index in [4.69, 9.17) is 30.2 Å². The number of aromatic nitrogens is 1. The number of aryl methyl sites for hydroxylation is 1. The first-order chi connectivity index (χ1) is 17.7. The van der Waals surface area contributed by atoms with Crippen LogP contribution in [0.15, 0.2) is 122 Å². The van der Waals surface area contributed by atoms with Crippen LogP contribution in [0.1, 0.15) is 0 Å². The lowest BCUT2D eigenvalue weighted by atomic mass is 9.85. The standard InChI is InChI=1S/C30H23ClN.ClHO4/c1-32-18-16-25(17-19-32)30-28(23-8-4-2-5-9-23)20-26(22-12-14-27(31)15-13-22)21-29(30)24-10-6-3-7-11-24;2-1(3,4)5/h2-21H,1H3;(H,2,3,4,5)/q+1;/p-1. The fraction of sp³-hybridized carbons (Fsp3) is 0.0333. The Morgan fingerprint density at radius 1 is 0.541 bits per heavy atom. The van der Waals surface area contributed by atoms with Crippen molar-refractivity contribution in [2.75, 3.05) is 0 Å². The molecule has 5 aromatic rings. The van der Waals surface area contributed by atoms with Crippen molar-refractivity contribution in [3.8, 4) is 44.5 Å². The number of hydrogen-bond acceptors (Lipinski definition) is 4. The molecule has 1 aromatic heterocycles. The molecule has 4 aromatic carbocycles. The van der Waals surface area contributed by atoms with Crippen molar-refractivity contribution >= 4 is 11.6 Å². The highest BCUT2D eigenvalue weighted by Crippen LogP contribution is 2.43. The predicted octanol–water partition coefficient (Wildman–Crippen LogP) is 3.08. The van der Waals surface area contributed by atoms with Gasteiger partial charge in [-0.3, -0.25) is 0 Å². The second kappa shape index (κ2) is 11.7. The third kappa shape index (κ3) is 7.24. The van der Waals surface area contributed by atoms with Crippen molar-refractivity contribution in [2.45, 2.75) is 0 Å². The van der Waals surface area contributed by atoms with E-state index in [-0.39, 0.29) is 0 Å². The lowest BCUT2D eigenvalue weighted by molar-refractivity contribution is -2.00. The molecule has 0 spiro atoms. The van der Waals surface area contributed by atoms with Gasteiger partial charge in [-0.15, -0.1) is 10.2 Å². The van der Waals surface area contributed by atoms with Gasteiger partial charge in [0, 0.05) is 17.2 Å². The Morgan fingerprint density at radius 2 is 0.973 bits per heavy atom. The first-order valence-electron chi connectivity index (χ1n) is 11.3. The zero-order chi connectivity index (χ0) is 26.4. The van der Waals surface area contributed by atoms with Gasteiger partial charge in [-0.2, -0.15) is 0 Å². The van der Waals surface area contributed by atoms with Crippen molar-refractivity contribution in [1.82, 2.24) is 0 Å². The van der Waals surface area contributed by atoms with Gasteiger partial charge in [-0.1, -0.05) is 84.4 Å². The van der Waals surface area contributed by atoms with Crippen LogP contribution in [-0.4, -0.2) is 0 Å². The maximum absolute atomic E-state index is 8.49. The van der Waals surface area contributed by atoms with Gasteiger partial charge < -0.3 is 0 Å². The van der Waals surface area contributed by atoms with E-state index in [1.54, 1.807) is 0 Å². The van der Waals surface area contributed by atoms with Gasteiger partial charge in [0.05, 0.1) is 0 Å². The molecule has 0 fully saturated rings. The quantitative estimate of drug-likeness (QED) is 0.333. The van der Waals surface area contributed by atoms with Crippen molar-refractivity contribution in [1.29, 1.82) is 0 Å². The fourth-order valence-corrected chi connectivity index (χ4v) is 4.25. The largest absolute Gasteiger partial charge is 0.222 e. The van der Waals surface area contributed by atoms with E-state index in [1.165, 1.54) is 38.9 Å². The maximum Gasteiger partial charge on any atom is 0.169 e. The van der Waals surface area contributed by atoms with Crippen LogP contribution < -0.4 is 23.2 Å². The average Bonchev–Trinajstić information content (AvgIpc) is 2.89. The highest BCUT2D eigenvalue weighted by Gasteiger charge is 2.17. The Kier molecular flexibility index (Phi) is 8.36. The third-order valence-electron chi connectivity index (χ3n) is 5.75. The molecule has 1 heterocycles. The minimum Gasteiger partial charge on any atom is -0.222 e. The highest BCUT2D eigenvalue weighted by atomic mass is 35.7. The second-order valence-electron chi connectivity index (χ2n) is 8.32. The summed E-state index contributed by atoms with van der Waals surface area (Å²) in [7, 11) is -2.90. The minimum atomic E-state index is -4.94. The van der Waals surface area contributed by atoms with Gasteiger partial charge >= 0.3 is 0 Å². The Hall–Kier alpha value is -3.55. The van der Waals surface area contributed by atoms with Gasteiger partial charge in [0.15, 0.2) is 12.4 Å². The lowest BCUT2D eigenvalue weighted by Crippen LogP contribution is -2.68. The van der Waals surface area contributed by atoms with Crippen molar-refractivity contribution in [2.24, 2.45) is 7.05 Å². The minimum absolute atomic E-state index is 0.745. The Bertz CT molecular complexity index is 1390. The molecule has 7 heteroatoms. The summed E-state index contributed by atoms with van der Waals surface area (Å²) in [5.74, 6) is 0. The van der Waals surface area contributed by atoms with E-state index in [1.807, 2.05) is 19.2 Å². The molecular formula is C30H23Cl2NO4. The van der Waals surface area contributed by atoms with Crippen LogP contribution in [0.5, 0.6) is 0 Å². The predicted molar refractivity (Wildman–Crippen MR) is 134 cm³/mol. The molecule has 0 atom stereocenters. The van der Waals surface area contributed by atoms with E-state index in [2.05, 4.69) is 114 Å². The Morgan fingerprint density at radius 3 is 1.41 bits per heavy atom. The Labute approximate surface area is 222 Å². The molecule has 186 valence electrons. The molecule has 0 radical (unpaired) electrons. The van der Waals surface area contributed by atoms with Crippen molar-refractivity contribution < 1.29 is 33.4 Å². The van der Waals surface area contributed by atoms with Crippen LogP contribution in [0.3, 0.4) is 0 Å². The number of hydrogen-bond donors (Lipinski definition) is 0. The maximum atomic E-state index is 8.49. The fourth-order valence-electron chi connectivity index (χ4n) is 4.12. The molecule has 37 heavy (non-hydrogen) atoms. The van der Waals surface area contributed by atoms with Crippen molar-refractivity contribution in [3.05, 3.63) is 127 Å². The summed E-state index contributed by atoms with van der Waals surface area (Å²) in [6.07, 6.45) is 4.21. The SMILES string of the molecule is C[n+]1ccc(-c2c(-c3ccccc3)cc(-c3ccc(Cl)cc3)cc2-c2ccccc2)cc1.[O-][Cl+3]([O-])([O-])[O-]. The first-order valence-corrected chi connectivity index (χ1v) is 12.9. The van der Waals surface area contributed by atoms with Crippen LogP contribution in [0.4, 0.5) is 0 Å². The Balaban J connectivity index is 0.000000586. The van der Waals surface area contributed by atoms with Crippen molar-refractivity contribution in [3.63, 3.8) is 0 Å². The summed E-state index contributed by atoms with van der Waals surface area (Å²) < 4.78 is 36.0. The summed E-state index contributed by atoms with van der Waals surface area (Å²) in [6, 6.07) is 38.3. The highest BCUT2D eigenvalue weighted by molar-refractivity contribution is 6.30. The number of nitrogens with zero attached hydrogens (tertiary/aromatic N) is 1. The van der Waals surface area contributed by atoms with Crippen LogP contribution in [0.25, 0.3) is 44.5 Å². The molecule has 0 bridgehead atoms. The van der Waals surface area contributed by atoms with Crippen LogP contribution >= 0.6 is 11.6 Å². The molecule has 0 aliphatic rings. The number of halogens is 2. The van der Waals surface area contributed by atoms with Crippen LogP contribution in [-0.2, 0) is 7.05 Å². The molecule has 0 saturated carbocycles. The normalized spacial score (nSPS) is 11.0. The second-order valence-corrected chi connectivity index (χ2v) is 9.51. The average molecular weight is 532 g/mol. The molecule has 0 N–H and O–H groups in total. The van der Waals surface area contributed by atoms with E-state index < -0.39 is 10.2 Å². The molecule has 0 saturated heterocycles. The first kappa shape index (κ1) is 26.5. The van der Waals surface area contributed by atoms with Gasteiger partial charge in [0.2, 0.25) is 0 Å². The van der Waals surface area contributed by atoms with Gasteiger partial charge in [-0.25, -0.2) is 23.2 Å². The summed E-state index contributed by atoms with van der Waals surface area (Å²) in [6.45, 7) is 0. The number of rotatable bonds is 4. The zero-order valence-corrected chi connectivity index (χ0v) is 21.4. The zero-order valence-electron chi connectivity index (χ0n) is 19.9. The van der Waals surface area contributed by atoms with Gasteiger partial charge in [0.1, 0.15) is 7.05 Å². The summed E-state index contributed by atoms with van der Waals surface area (Å²) >= 11 is 6.17. The third-order valence-corrected chi connectivity index (χ3v) is 6.00. The molecular weight excluding hydrogens is 509 g/mol. The smallest absolute Gasteiger partial charge is 0.169 e. The van der Waals surface area contributed by atoms with Crippen LogP contribution in [0.2, 0.25) is 5.02 Å². The topological polar surface area (TPSA) is 96.1 Å². The lowest BCUT2D eigenvalue weighted by Gasteiger charge is -2.18. The number of benzene rings is 4. The number of pyridine rings is 1. The molecule has 5 nitrogen and oxygen atoms in total. The van der Waals surface area contributed by atoms with E-state index in [0.717, 1.165) is 10.6 Å². The summed E-state index contributed by atoms with van der Waals surface area (Å²) in [5, 5.41) is 0.745. The molecule has 0 aliphatic heterocycles. The van der Waals surface area contributed by atoms with E-state index >= 15 is 0 Å². The van der Waals surface area contributed by atoms with E-state index in [9.17, 15) is 0 Å². The molecule has 5 rings (SSSR count). The van der Waals surface area contributed by atoms with Gasteiger partial charge in [-0.05, 0) is 68.8 Å². The molecule has 0 aliphatic carbocycles. The molecule has 0 amide bonds. The monoisotopic (exact) mass is 531 g/mol. The summed E-state index contributed by atoms with van der Waals surface area (Å²) in [4.78, 5) is 0. The summed E-state index contributed by atoms with van der Waals surface area (Å²) in [5.41, 5.74) is 9.58. The molecule has 0 unspecified atom stereocenters. The van der Waals surface area contributed by atoms with Crippen LogP contribution in [0, 0.1) is 10.2 Å². The van der Waals surface area contributed by atoms with E-state index in [0.29, 0.717) is 0 Å².